The Bertz CT molecular complexity index is 500. The molecule has 0 spiro atoms. The van der Waals surface area contributed by atoms with E-state index < -0.39 is 0 Å². The molecule has 0 atom stereocenters. The molecule has 0 aliphatic carbocycles. The fourth-order valence-electron chi connectivity index (χ4n) is 1.79. The van der Waals surface area contributed by atoms with Crippen LogP contribution in [0.1, 0.15) is 12.5 Å². The molecule has 1 aliphatic heterocycles. The van der Waals surface area contributed by atoms with Crippen LogP contribution in [0.15, 0.2) is 18.2 Å². The molecule has 4 heteroatoms. The van der Waals surface area contributed by atoms with Gasteiger partial charge >= 0.3 is 0 Å². The van der Waals surface area contributed by atoms with Crippen LogP contribution in [-0.2, 0) is 0 Å². The summed E-state index contributed by atoms with van der Waals surface area (Å²) in [5.41, 5.74) is 2.07. The van der Waals surface area contributed by atoms with Crippen molar-refractivity contribution in [2.75, 3.05) is 20.3 Å². The first-order valence-corrected chi connectivity index (χ1v) is 5.28. The van der Waals surface area contributed by atoms with Gasteiger partial charge < -0.3 is 14.2 Å². The fraction of sp³-hybridized carbons (Fsp3) is 0.308. The Morgan fingerprint density at radius 2 is 2.29 bits per heavy atom. The third kappa shape index (κ3) is 2.18. The van der Waals surface area contributed by atoms with Gasteiger partial charge in [0.05, 0.1) is 12.7 Å². The van der Waals surface area contributed by atoms with Crippen LogP contribution in [0, 0.1) is 11.3 Å². The molecule has 1 heterocycles. The van der Waals surface area contributed by atoms with Crippen LogP contribution in [0.3, 0.4) is 0 Å². The highest BCUT2D eigenvalue weighted by atomic mass is 16.5. The zero-order valence-electron chi connectivity index (χ0n) is 9.82. The Kier molecular flexibility index (Phi) is 3.20. The van der Waals surface area contributed by atoms with E-state index in [4.69, 9.17) is 19.5 Å². The summed E-state index contributed by atoms with van der Waals surface area (Å²) in [7, 11) is 1.60. The Labute approximate surface area is 100 Å². The zero-order valence-corrected chi connectivity index (χ0v) is 9.82. The van der Waals surface area contributed by atoms with Gasteiger partial charge in [-0.2, -0.15) is 5.26 Å². The lowest BCUT2D eigenvalue weighted by Gasteiger charge is -2.20. The van der Waals surface area contributed by atoms with E-state index in [1.54, 1.807) is 19.2 Å². The van der Waals surface area contributed by atoms with Gasteiger partial charge in [0, 0.05) is 12.1 Å². The number of hydrogen-bond donors (Lipinski definition) is 0. The van der Waals surface area contributed by atoms with Gasteiger partial charge in [-0.3, -0.25) is 0 Å². The molecule has 0 saturated carbocycles. The third-order valence-electron chi connectivity index (χ3n) is 2.59. The predicted octanol–water partition coefficient (Wildman–Crippen LogP) is 2.39. The SMILES string of the molecule is COc1cc(OCC#N)cc2c1C(C)=CCO2. The normalized spacial score (nSPS) is 12.9. The lowest BCUT2D eigenvalue weighted by atomic mass is 10.0. The van der Waals surface area contributed by atoms with Crippen molar-refractivity contribution < 1.29 is 14.2 Å². The molecular formula is C13H13NO3. The number of methoxy groups -OCH3 is 1. The van der Waals surface area contributed by atoms with Gasteiger partial charge in [0.15, 0.2) is 6.61 Å². The van der Waals surface area contributed by atoms with E-state index >= 15 is 0 Å². The molecule has 0 bridgehead atoms. The molecule has 0 unspecified atom stereocenters. The van der Waals surface area contributed by atoms with Crippen LogP contribution >= 0.6 is 0 Å². The Hall–Kier alpha value is -2.15. The van der Waals surface area contributed by atoms with E-state index in [-0.39, 0.29) is 6.61 Å². The van der Waals surface area contributed by atoms with E-state index in [9.17, 15) is 0 Å². The highest BCUT2D eigenvalue weighted by Crippen LogP contribution is 2.40. The van der Waals surface area contributed by atoms with E-state index in [1.807, 2.05) is 19.1 Å². The van der Waals surface area contributed by atoms with Crippen LogP contribution in [0.25, 0.3) is 5.57 Å². The second-order valence-corrected chi connectivity index (χ2v) is 3.64. The van der Waals surface area contributed by atoms with Gasteiger partial charge in [-0.1, -0.05) is 0 Å². The van der Waals surface area contributed by atoms with E-state index in [0.717, 1.165) is 16.9 Å². The molecule has 1 aromatic carbocycles. The number of allylic oxidation sites excluding steroid dienone is 1. The van der Waals surface area contributed by atoms with Gasteiger partial charge in [0.25, 0.3) is 0 Å². The predicted molar refractivity (Wildman–Crippen MR) is 63.2 cm³/mol. The summed E-state index contributed by atoms with van der Waals surface area (Å²) in [6.45, 7) is 2.57. The molecule has 0 fully saturated rings. The summed E-state index contributed by atoms with van der Waals surface area (Å²) in [5, 5.41) is 8.49. The third-order valence-corrected chi connectivity index (χ3v) is 2.59. The largest absolute Gasteiger partial charge is 0.496 e. The Morgan fingerprint density at radius 1 is 1.47 bits per heavy atom. The van der Waals surface area contributed by atoms with Crippen LogP contribution < -0.4 is 14.2 Å². The van der Waals surface area contributed by atoms with Gasteiger partial charge in [-0.25, -0.2) is 0 Å². The maximum absolute atomic E-state index is 8.49. The van der Waals surface area contributed by atoms with Crippen molar-refractivity contribution in [3.8, 4) is 23.3 Å². The molecule has 0 N–H and O–H groups in total. The van der Waals surface area contributed by atoms with Crippen molar-refractivity contribution in [1.82, 2.24) is 0 Å². The lowest BCUT2D eigenvalue weighted by molar-refractivity contribution is 0.334. The number of ether oxygens (including phenoxy) is 3. The number of hydrogen-bond acceptors (Lipinski definition) is 4. The topological polar surface area (TPSA) is 51.5 Å². The molecule has 0 amide bonds. The first-order valence-electron chi connectivity index (χ1n) is 5.28. The van der Waals surface area contributed by atoms with Crippen molar-refractivity contribution in [1.29, 1.82) is 5.26 Å². The molecule has 4 nitrogen and oxygen atoms in total. The number of fused-ring (bicyclic) bond motifs is 1. The maximum atomic E-state index is 8.49. The molecule has 17 heavy (non-hydrogen) atoms. The quantitative estimate of drug-likeness (QED) is 0.801. The number of benzene rings is 1. The molecule has 0 saturated heterocycles. The molecule has 1 aromatic rings. The van der Waals surface area contributed by atoms with E-state index in [1.165, 1.54) is 0 Å². The molecule has 2 rings (SSSR count). The summed E-state index contributed by atoms with van der Waals surface area (Å²) < 4.78 is 16.1. The average molecular weight is 231 g/mol. The number of rotatable bonds is 3. The highest BCUT2D eigenvalue weighted by molar-refractivity contribution is 5.76. The monoisotopic (exact) mass is 231 g/mol. The number of nitrogens with zero attached hydrogens (tertiary/aromatic N) is 1. The van der Waals surface area contributed by atoms with Crippen molar-refractivity contribution in [2.24, 2.45) is 0 Å². The highest BCUT2D eigenvalue weighted by Gasteiger charge is 2.18. The molecule has 1 aliphatic rings. The standard InChI is InChI=1S/C13H13NO3/c1-9-3-5-17-12-8-10(16-6-4-14)7-11(15-2)13(9)12/h3,7-8H,5-6H2,1-2H3. The van der Waals surface area contributed by atoms with Gasteiger partial charge in [-0.05, 0) is 18.6 Å². The van der Waals surface area contributed by atoms with Gasteiger partial charge in [-0.15, -0.1) is 0 Å². The zero-order chi connectivity index (χ0) is 12.3. The number of nitriles is 1. The van der Waals surface area contributed by atoms with E-state index in [2.05, 4.69) is 0 Å². The van der Waals surface area contributed by atoms with Crippen molar-refractivity contribution in [3.63, 3.8) is 0 Å². The summed E-state index contributed by atoms with van der Waals surface area (Å²) >= 11 is 0. The molecule has 0 radical (unpaired) electrons. The minimum Gasteiger partial charge on any atom is -0.496 e. The van der Waals surface area contributed by atoms with Crippen molar-refractivity contribution in [2.45, 2.75) is 6.92 Å². The van der Waals surface area contributed by atoms with Crippen LogP contribution in [-0.4, -0.2) is 20.3 Å². The van der Waals surface area contributed by atoms with Crippen molar-refractivity contribution >= 4 is 5.57 Å². The Morgan fingerprint density at radius 3 is 3.00 bits per heavy atom. The summed E-state index contributed by atoms with van der Waals surface area (Å²) in [5.74, 6) is 2.01. The second-order valence-electron chi connectivity index (χ2n) is 3.64. The maximum Gasteiger partial charge on any atom is 0.174 e. The Balaban J connectivity index is 2.44. The summed E-state index contributed by atoms with van der Waals surface area (Å²) in [6, 6.07) is 5.48. The van der Waals surface area contributed by atoms with E-state index in [0.29, 0.717) is 18.1 Å². The van der Waals surface area contributed by atoms with Crippen molar-refractivity contribution in [3.05, 3.63) is 23.8 Å². The minimum atomic E-state index is 0.0107. The summed E-state index contributed by atoms with van der Waals surface area (Å²) in [6.07, 6.45) is 2.00. The summed E-state index contributed by atoms with van der Waals surface area (Å²) in [4.78, 5) is 0. The fourth-order valence-corrected chi connectivity index (χ4v) is 1.79. The minimum absolute atomic E-state index is 0.0107. The second kappa shape index (κ2) is 4.79. The average Bonchev–Trinajstić information content (AvgIpc) is 2.35. The van der Waals surface area contributed by atoms with Crippen LogP contribution in [0.4, 0.5) is 0 Å². The van der Waals surface area contributed by atoms with Gasteiger partial charge in [0.1, 0.15) is 29.9 Å². The smallest absolute Gasteiger partial charge is 0.174 e. The molecule has 0 aromatic heterocycles. The first-order chi connectivity index (χ1) is 8.26. The van der Waals surface area contributed by atoms with Crippen LogP contribution in [0.5, 0.6) is 17.2 Å². The van der Waals surface area contributed by atoms with Crippen LogP contribution in [0.2, 0.25) is 0 Å². The molecule has 88 valence electrons. The lowest BCUT2D eigenvalue weighted by Crippen LogP contribution is -2.06. The first kappa shape index (κ1) is 11.3. The molecular weight excluding hydrogens is 218 g/mol. The van der Waals surface area contributed by atoms with Gasteiger partial charge in [0.2, 0.25) is 0 Å².